The van der Waals surface area contributed by atoms with Crippen LogP contribution < -0.4 is 0 Å². The first-order chi connectivity index (χ1) is 6.65. The Morgan fingerprint density at radius 2 is 2.14 bits per heavy atom. The van der Waals surface area contributed by atoms with Crippen LogP contribution in [0.1, 0.15) is 18.1 Å². The first kappa shape index (κ1) is 10.7. The van der Waals surface area contributed by atoms with E-state index < -0.39 is 0 Å². The van der Waals surface area contributed by atoms with Gasteiger partial charge in [0.2, 0.25) is 0 Å². The van der Waals surface area contributed by atoms with E-state index in [2.05, 4.69) is 4.90 Å². The molecule has 3 heteroatoms. The topological polar surface area (TPSA) is 27.0 Å². The molecule has 0 aromatic heterocycles. The molecule has 0 saturated heterocycles. The lowest BCUT2D eigenvalue weighted by molar-refractivity contribution is 0.345. The third-order valence-electron chi connectivity index (χ3n) is 2.08. The van der Waals surface area contributed by atoms with Crippen molar-refractivity contribution in [2.75, 3.05) is 13.6 Å². The largest absolute Gasteiger partial charge is 0.302 e. The van der Waals surface area contributed by atoms with E-state index in [1.165, 1.54) is 12.1 Å². The summed E-state index contributed by atoms with van der Waals surface area (Å²) in [5.74, 6) is -0.344. The number of hydrogen-bond donors (Lipinski definition) is 0. The van der Waals surface area contributed by atoms with E-state index in [1.807, 2.05) is 20.0 Å². The van der Waals surface area contributed by atoms with Gasteiger partial charge in [0, 0.05) is 6.54 Å². The van der Waals surface area contributed by atoms with Crippen LogP contribution in [-0.2, 0) is 6.54 Å². The Bertz CT molecular complexity index is 355. The Morgan fingerprint density at radius 3 is 2.71 bits per heavy atom. The minimum atomic E-state index is -0.344. The maximum absolute atomic E-state index is 13.0. The second kappa shape index (κ2) is 4.73. The quantitative estimate of drug-likeness (QED) is 0.733. The summed E-state index contributed by atoms with van der Waals surface area (Å²) in [6.07, 6.45) is 0. The Labute approximate surface area is 83.6 Å². The van der Waals surface area contributed by atoms with Crippen molar-refractivity contribution < 1.29 is 4.39 Å². The molecule has 0 aliphatic rings. The molecule has 1 rings (SSSR count). The molecule has 2 nitrogen and oxygen atoms in total. The summed E-state index contributed by atoms with van der Waals surface area (Å²) >= 11 is 0. The van der Waals surface area contributed by atoms with Gasteiger partial charge in [0.25, 0.3) is 0 Å². The zero-order chi connectivity index (χ0) is 10.6. The van der Waals surface area contributed by atoms with E-state index in [4.69, 9.17) is 5.26 Å². The lowest BCUT2D eigenvalue weighted by Crippen LogP contribution is -2.16. The molecule has 0 N–H and O–H groups in total. The van der Waals surface area contributed by atoms with Gasteiger partial charge >= 0.3 is 0 Å². The van der Waals surface area contributed by atoms with Gasteiger partial charge in [-0.1, -0.05) is 6.92 Å². The van der Waals surface area contributed by atoms with Crippen LogP contribution in [0.5, 0.6) is 0 Å². The van der Waals surface area contributed by atoms with Crippen LogP contribution in [0.4, 0.5) is 4.39 Å². The fourth-order valence-corrected chi connectivity index (χ4v) is 1.23. The highest BCUT2D eigenvalue weighted by Gasteiger charge is 2.02. The number of rotatable bonds is 3. The van der Waals surface area contributed by atoms with Crippen LogP contribution in [0.3, 0.4) is 0 Å². The summed E-state index contributed by atoms with van der Waals surface area (Å²) in [6.45, 7) is 3.60. The van der Waals surface area contributed by atoms with Crippen LogP contribution >= 0.6 is 0 Å². The summed E-state index contributed by atoms with van der Waals surface area (Å²) in [6, 6.07) is 6.37. The zero-order valence-corrected chi connectivity index (χ0v) is 8.42. The molecule has 0 aliphatic heterocycles. The summed E-state index contributed by atoms with van der Waals surface area (Å²) in [7, 11) is 1.96. The van der Waals surface area contributed by atoms with E-state index in [0.717, 1.165) is 12.1 Å². The lowest BCUT2D eigenvalue weighted by Gasteiger charge is -2.13. The first-order valence-electron chi connectivity index (χ1n) is 4.53. The molecule has 0 heterocycles. The molecule has 1 aromatic carbocycles. The average Bonchev–Trinajstić information content (AvgIpc) is 2.16. The van der Waals surface area contributed by atoms with Crippen LogP contribution in [-0.4, -0.2) is 18.5 Å². The lowest BCUT2D eigenvalue weighted by atomic mass is 10.1. The molecule has 0 atom stereocenters. The molecular formula is C11H13FN2. The van der Waals surface area contributed by atoms with Crippen LogP contribution in [0.15, 0.2) is 18.2 Å². The molecule has 74 valence electrons. The van der Waals surface area contributed by atoms with E-state index in [1.54, 1.807) is 6.07 Å². The summed E-state index contributed by atoms with van der Waals surface area (Å²) in [5.41, 5.74) is 1.22. The minimum Gasteiger partial charge on any atom is -0.302 e. The molecule has 0 amide bonds. The number of nitrogens with zero attached hydrogens (tertiary/aromatic N) is 2. The third kappa shape index (κ3) is 2.82. The smallest absolute Gasteiger partial charge is 0.124 e. The summed E-state index contributed by atoms with van der Waals surface area (Å²) in [4.78, 5) is 2.05. The number of benzene rings is 1. The van der Waals surface area contributed by atoms with Gasteiger partial charge in [0.05, 0.1) is 11.6 Å². The maximum atomic E-state index is 13.0. The molecule has 1 aromatic rings. The van der Waals surface area contributed by atoms with Crippen molar-refractivity contribution in [2.45, 2.75) is 13.5 Å². The Morgan fingerprint density at radius 1 is 1.43 bits per heavy atom. The maximum Gasteiger partial charge on any atom is 0.124 e. The number of halogens is 1. The molecule has 0 bridgehead atoms. The Balaban J connectivity index is 2.88. The third-order valence-corrected chi connectivity index (χ3v) is 2.08. The predicted molar refractivity (Wildman–Crippen MR) is 53.1 cm³/mol. The van der Waals surface area contributed by atoms with Crippen molar-refractivity contribution in [3.63, 3.8) is 0 Å². The van der Waals surface area contributed by atoms with E-state index in [-0.39, 0.29) is 5.82 Å². The summed E-state index contributed by atoms with van der Waals surface area (Å²) < 4.78 is 13.0. The van der Waals surface area contributed by atoms with Crippen molar-refractivity contribution in [3.8, 4) is 6.07 Å². The molecule has 0 saturated carbocycles. The van der Waals surface area contributed by atoms with E-state index >= 15 is 0 Å². The molecule has 0 aliphatic carbocycles. The summed E-state index contributed by atoms with van der Waals surface area (Å²) in [5, 5.41) is 8.65. The standard InChI is InChI=1S/C11H13FN2/c1-3-14(2)8-10-4-9(7-13)5-11(12)6-10/h4-6H,3,8H2,1-2H3. The van der Waals surface area contributed by atoms with Gasteiger partial charge in [0.15, 0.2) is 0 Å². The van der Waals surface area contributed by atoms with Crippen molar-refractivity contribution in [1.29, 1.82) is 5.26 Å². The highest BCUT2D eigenvalue weighted by molar-refractivity contribution is 5.33. The SMILES string of the molecule is CCN(C)Cc1cc(F)cc(C#N)c1. The van der Waals surface area contributed by atoms with Crippen molar-refractivity contribution in [1.82, 2.24) is 4.90 Å². The molecule has 0 spiro atoms. The van der Waals surface area contributed by atoms with Crippen molar-refractivity contribution in [2.24, 2.45) is 0 Å². The van der Waals surface area contributed by atoms with Crippen molar-refractivity contribution >= 4 is 0 Å². The monoisotopic (exact) mass is 192 g/mol. The van der Waals surface area contributed by atoms with Gasteiger partial charge in [-0.25, -0.2) is 4.39 Å². The fourth-order valence-electron chi connectivity index (χ4n) is 1.23. The van der Waals surface area contributed by atoms with Gasteiger partial charge in [-0.15, -0.1) is 0 Å². The highest BCUT2D eigenvalue weighted by atomic mass is 19.1. The molecule has 14 heavy (non-hydrogen) atoms. The predicted octanol–water partition coefficient (Wildman–Crippen LogP) is 2.15. The van der Waals surface area contributed by atoms with Gasteiger partial charge in [-0.3, -0.25) is 0 Å². The van der Waals surface area contributed by atoms with Crippen molar-refractivity contribution in [3.05, 3.63) is 35.1 Å². The molecule has 0 radical (unpaired) electrons. The van der Waals surface area contributed by atoms with Crippen LogP contribution in [0.2, 0.25) is 0 Å². The second-order valence-corrected chi connectivity index (χ2v) is 3.29. The first-order valence-corrected chi connectivity index (χ1v) is 4.53. The second-order valence-electron chi connectivity index (χ2n) is 3.29. The molecule has 0 unspecified atom stereocenters. The number of hydrogen-bond acceptors (Lipinski definition) is 2. The molecular weight excluding hydrogens is 179 g/mol. The highest BCUT2D eigenvalue weighted by Crippen LogP contribution is 2.10. The van der Waals surface area contributed by atoms with Crippen LogP contribution in [0, 0.1) is 17.1 Å². The van der Waals surface area contributed by atoms with Gasteiger partial charge in [-0.2, -0.15) is 5.26 Å². The van der Waals surface area contributed by atoms with Crippen LogP contribution in [0.25, 0.3) is 0 Å². The van der Waals surface area contributed by atoms with Gasteiger partial charge < -0.3 is 4.90 Å². The average molecular weight is 192 g/mol. The molecule has 0 fully saturated rings. The normalized spacial score (nSPS) is 10.2. The van der Waals surface area contributed by atoms with E-state index in [9.17, 15) is 4.39 Å². The number of nitriles is 1. The van der Waals surface area contributed by atoms with Gasteiger partial charge in [-0.05, 0) is 37.4 Å². The zero-order valence-electron chi connectivity index (χ0n) is 8.42. The fraction of sp³-hybridized carbons (Fsp3) is 0.364. The van der Waals surface area contributed by atoms with Gasteiger partial charge in [0.1, 0.15) is 5.82 Å². The minimum absolute atomic E-state index is 0.344. The van der Waals surface area contributed by atoms with E-state index in [0.29, 0.717) is 12.1 Å². The Kier molecular flexibility index (Phi) is 3.61. The Hall–Kier alpha value is -1.40.